The Morgan fingerprint density at radius 3 is 1.27 bits per heavy atom. The van der Waals surface area contributed by atoms with Gasteiger partial charge in [-0.1, -0.05) is 41.5 Å². The Morgan fingerprint density at radius 2 is 0.956 bits per heavy atom. The first-order chi connectivity index (χ1) is 21.4. The highest BCUT2D eigenvalue weighted by Gasteiger charge is 2.34. The number of hydrogen-bond donors (Lipinski definition) is 2. The summed E-state index contributed by atoms with van der Waals surface area (Å²) in [6.07, 6.45) is 2.67. The third-order valence-corrected chi connectivity index (χ3v) is 7.02. The van der Waals surface area contributed by atoms with E-state index in [1.165, 1.54) is 34.1 Å². The molecular formula is C35H60F4N2O4. The van der Waals surface area contributed by atoms with Gasteiger partial charge in [-0.2, -0.15) is 0 Å². The minimum Gasteiger partial charge on any atom is -0.496 e. The van der Waals surface area contributed by atoms with Crippen molar-refractivity contribution in [1.29, 1.82) is 0 Å². The Bertz CT molecular complexity index is 1020. The van der Waals surface area contributed by atoms with E-state index in [-0.39, 0.29) is 36.5 Å². The summed E-state index contributed by atoms with van der Waals surface area (Å²) in [5.41, 5.74) is 14.4. The molecule has 0 heterocycles. The smallest absolute Gasteiger partial charge is 0.276 e. The van der Waals surface area contributed by atoms with Crippen molar-refractivity contribution in [3.05, 3.63) is 46.5 Å². The zero-order chi connectivity index (χ0) is 35.2. The van der Waals surface area contributed by atoms with E-state index >= 15 is 0 Å². The zero-order valence-corrected chi connectivity index (χ0v) is 29.5. The van der Waals surface area contributed by atoms with E-state index in [0.29, 0.717) is 30.8 Å². The van der Waals surface area contributed by atoms with Crippen molar-refractivity contribution in [1.82, 2.24) is 0 Å². The van der Waals surface area contributed by atoms with Gasteiger partial charge in [0.05, 0.1) is 40.7 Å². The summed E-state index contributed by atoms with van der Waals surface area (Å²) in [5, 5.41) is 0. The van der Waals surface area contributed by atoms with Crippen LogP contribution in [0.4, 0.5) is 17.6 Å². The fourth-order valence-corrected chi connectivity index (χ4v) is 4.18. The van der Waals surface area contributed by atoms with E-state index in [1.807, 2.05) is 39.8 Å². The molecule has 0 fully saturated rings. The van der Waals surface area contributed by atoms with Crippen molar-refractivity contribution in [2.45, 2.75) is 118 Å². The fraction of sp³-hybridized carbons (Fsp3) is 0.657. The lowest BCUT2D eigenvalue weighted by atomic mass is 9.97. The van der Waals surface area contributed by atoms with E-state index in [2.05, 4.69) is 6.92 Å². The molecule has 0 amide bonds. The van der Waals surface area contributed by atoms with Crippen molar-refractivity contribution in [2.24, 2.45) is 11.5 Å². The second-order valence-electron chi connectivity index (χ2n) is 10.1. The van der Waals surface area contributed by atoms with Gasteiger partial charge in [0.15, 0.2) is 0 Å². The van der Waals surface area contributed by atoms with E-state index in [9.17, 15) is 17.6 Å². The van der Waals surface area contributed by atoms with Crippen molar-refractivity contribution >= 4 is 0 Å². The van der Waals surface area contributed by atoms with Gasteiger partial charge in [-0.05, 0) is 74.4 Å². The quantitative estimate of drug-likeness (QED) is 0.188. The maximum absolute atomic E-state index is 13.9. The van der Waals surface area contributed by atoms with Gasteiger partial charge in [0.1, 0.15) is 29.2 Å². The molecule has 10 heteroatoms. The van der Waals surface area contributed by atoms with E-state index < -0.39 is 12.1 Å². The molecule has 0 bridgehead atoms. The first-order valence-corrected chi connectivity index (χ1v) is 15.9. The monoisotopic (exact) mass is 648 g/mol. The highest BCUT2D eigenvalue weighted by atomic mass is 19.3. The van der Waals surface area contributed by atoms with Gasteiger partial charge in [-0.3, -0.25) is 4.39 Å². The van der Waals surface area contributed by atoms with Crippen LogP contribution < -0.4 is 30.4 Å². The van der Waals surface area contributed by atoms with E-state index in [0.717, 1.165) is 41.7 Å². The van der Waals surface area contributed by atoms with Crippen LogP contribution in [0.25, 0.3) is 0 Å². The number of alkyl halides is 4. The van der Waals surface area contributed by atoms with Gasteiger partial charge in [-0.15, -0.1) is 0 Å². The second-order valence-corrected chi connectivity index (χ2v) is 10.1. The molecule has 3 unspecified atom stereocenters. The van der Waals surface area contributed by atoms with E-state index in [4.69, 9.17) is 30.4 Å². The zero-order valence-electron chi connectivity index (χ0n) is 29.5. The van der Waals surface area contributed by atoms with Crippen LogP contribution in [0.3, 0.4) is 0 Å². The van der Waals surface area contributed by atoms with Crippen molar-refractivity contribution < 1.29 is 36.5 Å². The highest BCUT2D eigenvalue weighted by molar-refractivity contribution is 5.49. The number of ether oxygens (including phenoxy) is 4. The summed E-state index contributed by atoms with van der Waals surface area (Å²) in [6.45, 7) is 12.5. The molecule has 0 aromatic heterocycles. The van der Waals surface area contributed by atoms with Gasteiger partial charge in [-0.25, -0.2) is 13.2 Å². The second kappa shape index (κ2) is 24.5. The Labute approximate surface area is 270 Å². The first kappa shape index (κ1) is 44.4. The molecule has 2 rings (SSSR count). The molecule has 0 aliphatic heterocycles. The summed E-state index contributed by atoms with van der Waals surface area (Å²) in [5.74, 6) is -0.869. The normalized spacial score (nSPS) is 12.6. The number of hydrogen-bond acceptors (Lipinski definition) is 6. The van der Waals surface area contributed by atoms with Crippen LogP contribution in [-0.2, 0) is 25.2 Å². The Hall–Kier alpha value is -2.72. The molecule has 6 nitrogen and oxygen atoms in total. The third-order valence-electron chi connectivity index (χ3n) is 7.02. The maximum Gasteiger partial charge on any atom is 0.276 e. The minimum absolute atomic E-state index is 0.0360. The van der Waals surface area contributed by atoms with Gasteiger partial charge < -0.3 is 30.4 Å². The molecule has 3 atom stereocenters. The van der Waals surface area contributed by atoms with Gasteiger partial charge in [0.25, 0.3) is 5.92 Å². The molecule has 0 radical (unpaired) electrons. The van der Waals surface area contributed by atoms with Gasteiger partial charge in [0, 0.05) is 30.5 Å². The summed E-state index contributed by atoms with van der Waals surface area (Å²) in [4.78, 5) is 0. The summed E-state index contributed by atoms with van der Waals surface area (Å²) < 4.78 is 72.9. The molecule has 0 saturated heterocycles. The van der Waals surface area contributed by atoms with Crippen LogP contribution in [0.5, 0.6) is 23.0 Å². The van der Waals surface area contributed by atoms with Gasteiger partial charge >= 0.3 is 0 Å². The van der Waals surface area contributed by atoms with E-state index in [1.54, 1.807) is 20.3 Å². The molecule has 2 aromatic carbocycles. The lowest BCUT2D eigenvalue weighted by molar-refractivity contribution is -0.0106. The Kier molecular flexibility index (Phi) is 24.2. The maximum atomic E-state index is 13.9. The SMILES string of the molecule is CC.CCC(N)Cc1cc(OC)c(C(F)(F)CC)cc1OC.CCC(N)Cc1cc(OC)c(CC(F)CC)cc1OC.CCF. The lowest BCUT2D eigenvalue weighted by Crippen LogP contribution is -2.22. The lowest BCUT2D eigenvalue weighted by Gasteiger charge is -2.21. The predicted octanol–water partition coefficient (Wildman–Crippen LogP) is 8.76. The fourth-order valence-electron chi connectivity index (χ4n) is 4.18. The number of benzene rings is 2. The van der Waals surface area contributed by atoms with Crippen LogP contribution in [0, 0.1) is 0 Å². The molecule has 4 N–H and O–H groups in total. The largest absolute Gasteiger partial charge is 0.496 e. The predicted molar refractivity (Wildman–Crippen MR) is 179 cm³/mol. The Balaban J connectivity index is 0. The topological polar surface area (TPSA) is 89.0 Å². The van der Waals surface area contributed by atoms with Gasteiger partial charge in [0.2, 0.25) is 0 Å². The molecule has 2 aromatic rings. The van der Waals surface area contributed by atoms with Crippen molar-refractivity contribution in [2.75, 3.05) is 35.1 Å². The van der Waals surface area contributed by atoms with Crippen LogP contribution in [0.15, 0.2) is 24.3 Å². The summed E-state index contributed by atoms with van der Waals surface area (Å²) in [6, 6.07) is 6.81. The average Bonchev–Trinajstić information content (AvgIpc) is 3.05. The number of nitrogens with two attached hydrogens (primary N) is 2. The number of methoxy groups -OCH3 is 4. The summed E-state index contributed by atoms with van der Waals surface area (Å²) in [7, 11) is 6.09. The number of rotatable bonds is 15. The Morgan fingerprint density at radius 1 is 0.622 bits per heavy atom. The average molecular weight is 649 g/mol. The van der Waals surface area contributed by atoms with Crippen LogP contribution in [0.1, 0.15) is 96.4 Å². The highest BCUT2D eigenvalue weighted by Crippen LogP contribution is 2.41. The van der Waals surface area contributed by atoms with Crippen molar-refractivity contribution in [3.63, 3.8) is 0 Å². The molecule has 45 heavy (non-hydrogen) atoms. The van der Waals surface area contributed by atoms with Crippen LogP contribution in [0.2, 0.25) is 0 Å². The standard InChI is InChI=1S/C16H26FNO2.C15H23F2NO2.C2H5F.C2H6/c1-5-13(17)7-11-9-16(20-4)12(8-14(18)6-2)10-15(11)19-3;1-5-11(18)7-10-8-14(20-4)12(9-13(10)19-3)15(16,17)6-2;1-2-3;1-2/h9-10,13-14H,5-8,18H2,1-4H3;8-9,11H,5-7,18H2,1-4H3;2H2,1H3;1-2H3. The first-order valence-electron chi connectivity index (χ1n) is 15.9. The number of halogens is 4. The van der Waals surface area contributed by atoms with Crippen LogP contribution in [-0.4, -0.2) is 53.4 Å². The third kappa shape index (κ3) is 15.4. The molecule has 0 spiro atoms. The van der Waals surface area contributed by atoms with Crippen LogP contribution >= 0.6 is 0 Å². The molecule has 0 saturated carbocycles. The van der Waals surface area contributed by atoms with Crippen molar-refractivity contribution in [3.8, 4) is 23.0 Å². The molecular weight excluding hydrogens is 588 g/mol. The molecule has 262 valence electrons. The molecule has 0 aliphatic carbocycles. The summed E-state index contributed by atoms with van der Waals surface area (Å²) >= 11 is 0. The minimum atomic E-state index is -2.94. The molecule has 0 aliphatic rings.